The van der Waals surface area contributed by atoms with Crippen LogP contribution >= 0.6 is 11.3 Å². The first-order chi connectivity index (χ1) is 9.29. The Balaban J connectivity index is 1.74. The largest absolute Gasteiger partial charge is 0.393 e. The van der Waals surface area contributed by atoms with Gasteiger partial charge in [-0.1, -0.05) is 13.0 Å². The first-order valence-corrected chi connectivity index (χ1v) is 7.74. The summed E-state index contributed by atoms with van der Waals surface area (Å²) < 4.78 is 1.89. The fourth-order valence-corrected chi connectivity index (χ4v) is 2.88. The van der Waals surface area contributed by atoms with Crippen LogP contribution in [-0.4, -0.2) is 26.0 Å². The second kappa shape index (κ2) is 7.40. The molecule has 5 heteroatoms. The molecule has 0 aliphatic heterocycles. The lowest BCUT2D eigenvalue weighted by molar-refractivity contribution is 0.158. The summed E-state index contributed by atoms with van der Waals surface area (Å²) in [5.41, 5.74) is 0. The number of hydrogen-bond acceptors (Lipinski definition) is 4. The van der Waals surface area contributed by atoms with Crippen molar-refractivity contribution in [3.8, 4) is 0 Å². The average Bonchev–Trinajstić information content (AvgIpc) is 3.02. The Kier molecular flexibility index (Phi) is 5.54. The van der Waals surface area contributed by atoms with Gasteiger partial charge in [-0.15, -0.1) is 11.3 Å². The lowest BCUT2D eigenvalue weighted by Gasteiger charge is -2.10. The second-order valence-electron chi connectivity index (χ2n) is 4.73. The van der Waals surface area contributed by atoms with Gasteiger partial charge in [0.15, 0.2) is 0 Å². The van der Waals surface area contributed by atoms with Crippen LogP contribution in [0.3, 0.4) is 0 Å². The van der Waals surface area contributed by atoms with Gasteiger partial charge in [0, 0.05) is 17.8 Å². The van der Waals surface area contributed by atoms with Crippen molar-refractivity contribution in [2.24, 2.45) is 0 Å². The van der Waals surface area contributed by atoms with E-state index in [9.17, 15) is 5.11 Å². The molecule has 1 unspecified atom stereocenters. The van der Waals surface area contributed by atoms with Crippen LogP contribution in [0.4, 0.5) is 0 Å². The summed E-state index contributed by atoms with van der Waals surface area (Å²) in [5, 5.41) is 16.3. The molecule has 0 saturated carbocycles. The van der Waals surface area contributed by atoms with Crippen molar-refractivity contribution in [2.45, 2.75) is 51.7 Å². The van der Waals surface area contributed by atoms with Gasteiger partial charge in [-0.3, -0.25) is 4.68 Å². The fraction of sp³-hybridized carbons (Fsp3) is 0.571. The third-order valence-corrected chi connectivity index (χ3v) is 4.03. The van der Waals surface area contributed by atoms with Gasteiger partial charge in [-0.05, 0) is 37.1 Å². The van der Waals surface area contributed by atoms with Gasteiger partial charge in [-0.2, -0.15) is 5.10 Å². The maximum atomic E-state index is 10.1. The Morgan fingerprint density at radius 1 is 1.47 bits per heavy atom. The molecule has 0 bridgehead atoms. The predicted molar refractivity (Wildman–Crippen MR) is 77.3 cm³/mol. The molecule has 0 saturated heterocycles. The van der Waals surface area contributed by atoms with Gasteiger partial charge in [0.25, 0.3) is 0 Å². The van der Waals surface area contributed by atoms with E-state index in [0.717, 1.165) is 38.1 Å². The molecule has 2 heterocycles. The average molecular weight is 279 g/mol. The van der Waals surface area contributed by atoms with Crippen LogP contribution in [0.15, 0.2) is 23.8 Å². The zero-order valence-corrected chi connectivity index (χ0v) is 12.1. The van der Waals surface area contributed by atoms with E-state index in [2.05, 4.69) is 34.5 Å². The van der Waals surface area contributed by atoms with E-state index in [1.165, 1.54) is 4.88 Å². The van der Waals surface area contributed by atoms with Crippen molar-refractivity contribution in [1.29, 1.82) is 0 Å². The van der Waals surface area contributed by atoms with Crippen LogP contribution in [0.5, 0.6) is 0 Å². The number of aromatic nitrogens is 3. The summed E-state index contributed by atoms with van der Waals surface area (Å²) in [4.78, 5) is 5.62. The van der Waals surface area contributed by atoms with Crippen molar-refractivity contribution in [3.63, 3.8) is 0 Å². The normalized spacial score (nSPS) is 12.7. The van der Waals surface area contributed by atoms with Crippen LogP contribution in [-0.2, 0) is 19.4 Å². The first-order valence-electron chi connectivity index (χ1n) is 6.86. The fourth-order valence-electron chi connectivity index (χ4n) is 2.12. The predicted octanol–water partition coefficient (Wildman–Crippen LogP) is 2.68. The van der Waals surface area contributed by atoms with Crippen LogP contribution in [0, 0.1) is 0 Å². The standard InChI is InChI=1S/C14H21N3OS/c1-2-8-17-14(15-11-16-17)10-12(18)5-3-6-13-7-4-9-19-13/h4,7,9,11-12,18H,2-3,5-6,8,10H2,1H3. The van der Waals surface area contributed by atoms with Crippen molar-refractivity contribution < 1.29 is 5.11 Å². The Morgan fingerprint density at radius 3 is 3.11 bits per heavy atom. The molecule has 0 aliphatic rings. The van der Waals surface area contributed by atoms with Crippen molar-refractivity contribution in [1.82, 2.24) is 14.8 Å². The van der Waals surface area contributed by atoms with Crippen molar-refractivity contribution in [2.75, 3.05) is 0 Å². The molecule has 1 N–H and O–H groups in total. The quantitative estimate of drug-likeness (QED) is 0.808. The molecule has 104 valence electrons. The monoisotopic (exact) mass is 279 g/mol. The topological polar surface area (TPSA) is 50.9 Å². The first kappa shape index (κ1) is 14.2. The highest BCUT2D eigenvalue weighted by molar-refractivity contribution is 7.09. The van der Waals surface area contributed by atoms with Gasteiger partial charge in [0.1, 0.15) is 12.2 Å². The number of nitrogens with zero attached hydrogens (tertiary/aromatic N) is 3. The molecule has 2 aromatic rings. The van der Waals surface area contributed by atoms with E-state index in [1.807, 2.05) is 4.68 Å². The highest BCUT2D eigenvalue weighted by Crippen LogP contribution is 2.14. The van der Waals surface area contributed by atoms with E-state index in [1.54, 1.807) is 17.7 Å². The Morgan fingerprint density at radius 2 is 2.37 bits per heavy atom. The van der Waals surface area contributed by atoms with E-state index in [-0.39, 0.29) is 6.10 Å². The number of thiophene rings is 1. The number of hydrogen-bond donors (Lipinski definition) is 1. The SMILES string of the molecule is CCCn1ncnc1CC(O)CCCc1cccs1. The number of aryl methyl sites for hydroxylation is 2. The molecule has 0 spiro atoms. The third-order valence-electron chi connectivity index (χ3n) is 3.09. The minimum Gasteiger partial charge on any atom is -0.393 e. The molecule has 4 nitrogen and oxygen atoms in total. The molecular formula is C14H21N3OS. The van der Waals surface area contributed by atoms with Crippen LogP contribution < -0.4 is 0 Å². The minimum atomic E-state index is -0.320. The third kappa shape index (κ3) is 4.44. The van der Waals surface area contributed by atoms with E-state index in [0.29, 0.717) is 6.42 Å². The minimum absolute atomic E-state index is 0.320. The number of aliphatic hydroxyl groups excluding tert-OH is 1. The summed E-state index contributed by atoms with van der Waals surface area (Å²) in [6.45, 7) is 2.99. The molecule has 0 amide bonds. The molecule has 2 aromatic heterocycles. The Labute approximate surface area is 118 Å². The van der Waals surface area contributed by atoms with Gasteiger partial charge in [0.05, 0.1) is 6.10 Å². The number of aliphatic hydroxyl groups is 1. The van der Waals surface area contributed by atoms with Gasteiger partial charge >= 0.3 is 0 Å². The van der Waals surface area contributed by atoms with E-state index >= 15 is 0 Å². The Bertz CT molecular complexity index is 467. The number of rotatable bonds is 8. The molecule has 19 heavy (non-hydrogen) atoms. The Hall–Kier alpha value is -1.20. The van der Waals surface area contributed by atoms with Gasteiger partial charge in [0.2, 0.25) is 0 Å². The summed E-state index contributed by atoms with van der Waals surface area (Å²) in [7, 11) is 0. The lowest BCUT2D eigenvalue weighted by atomic mass is 10.1. The zero-order valence-electron chi connectivity index (χ0n) is 11.3. The van der Waals surface area contributed by atoms with Crippen molar-refractivity contribution in [3.05, 3.63) is 34.5 Å². The van der Waals surface area contributed by atoms with Crippen LogP contribution in [0.1, 0.15) is 36.9 Å². The zero-order chi connectivity index (χ0) is 13.5. The summed E-state index contributed by atoms with van der Waals surface area (Å²) >= 11 is 1.78. The summed E-state index contributed by atoms with van der Waals surface area (Å²) in [6.07, 6.45) is 5.77. The molecule has 0 fully saturated rings. The molecular weight excluding hydrogens is 258 g/mol. The van der Waals surface area contributed by atoms with Gasteiger partial charge in [-0.25, -0.2) is 4.98 Å². The molecule has 1 atom stereocenters. The highest BCUT2D eigenvalue weighted by atomic mass is 32.1. The second-order valence-corrected chi connectivity index (χ2v) is 5.76. The van der Waals surface area contributed by atoms with Crippen LogP contribution in [0.25, 0.3) is 0 Å². The van der Waals surface area contributed by atoms with Gasteiger partial charge < -0.3 is 5.11 Å². The van der Waals surface area contributed by atoms with Crippen LogP contribution in [0.2, 0.25) is 0 Å². The van der Waals surface area contributed by atoms with Crippen molar-refractivity contribution >= 4 is 11.3 Å². The van der Waals surface area contributed by atoms with E-state index < -0.39 is 0 Å². The highest BCUT2D eigenvalue weighted by Gasteiger charge is 2.11. The molecule has 0 radical (unpaired) electrons. The molecule has 2 rings (SSSR count). The molecule has 0 aromatic carbocycles. The maximum Gasteiger partial charge on any atom is 0.138 e. The summed E-state index contributed by atoms with van der Waals surface area (Å²) in [5.74, 6) is 0.894. The summed E-state index contributed by atoms with van der Waals surface area (Å²) in [6, 6.07) is 4.22. The lowest BCUT2D eigenvalue weighted by Crippen LogP contribution is -2.15. The maximum absolute atomic E-state index is 10.1. The smallest absolute Gasteiger partial charge is 0.138 e. The van der Waals surface area contributed by atoms with E-state index in [4.69, 9.17) is 0 Å². The molecule has 0 aliphatic carbocycles.